The van der Waals surface area contributed by atoms with Gasteiger partial charge in [0.2, 0.25) is 5.43 Å². The van der Waals surface area contributed by atoms with Crippen molar-refractivity contribution < 1.29 is 0 Å². The van der Waals surface area contributed by atoms with Crippen molar-refractivity contribution in [3.63, 3.8) is 0 Å². The van der Waals surface area contributed by atoms with Gasteiger partial charge >= 0.3 is 0 Å². The van der Waals surface area contributed by atoms with Crippen LogP contribution in [0.3, 0.4) is 0 Å². The highest BCUT2D eigenvalue weighted by molar-refractivity contribution is 5.43. The highest BCUT2D eigenvalue weighted by Crippen LogP contribution is 2.12. The molecule has 0 aliphatic rings. The van der Waals surface area contributed by atoms with E-state index in [0.29, 0.717) is 0 Å². The molecule has 0 bridgehead atoms. The van der Waals surface area contributed by atoms with E-state index in [1.807, 2.05) is 42.7 Å². The molecule has 1 aromatic heterocycles. The Morgan fingerprint density at radius 3 is 2.38 bits per heavy atom. The highest BCUT2D eigenvalue weighted by atomic mass is 16.1. The number of rotatable bonds is 1. The van der Waals surface area contributed by atoms with Crippen molar-refractivity contribution in [1.82, 2.24) is 4.57 Å². The van der Waals surface area contributed by atoms with E-state index in [-0.39, 0.29) is 11.1 Å². The summed E-state index contributed by atoms with van der Waals surface area (Å²) in [7, 11) is 0. The van der Waals surface area contributed by atoms with Crippen LogP contribution in [0.1, 0.15) is 11.3 Å². The molecule has 0 fully saturated rings. The van der Waals surface area contributed by atoms with E-state index in [2.05, 4.69) is 0 Å². The Labute approximate surface area is 94.1 Å². The summed E-state index contributed by atoms with van der Waals surface area (Å²) in [5.74, 6) is 0. The van der Waals surface area contributed by atoms with Crippen LogP contribution < -0.4 is 11.2 Å². The number of nitrogen functional groups attached to an aromatic ring is 1. The normalized spacial score (nSPS) is 10.4. The van der Waals surface area contributed by atoms with E-state index in [1.165, 1.54) is 5.56 Å². The number of nitrogens with zero attached hydrogens (tertiary/aromatic N) is 1. The average Bonchev–Trinajstić information content (AvgIpc) is 2.25. The van der Waals surface area contributed by atoms with Gasteiger partial charge in [-0.3, -0.25) is 4.79 Å². The molecule has 3 heteroatoms. The monoisotopic (exact) mass is 214 g/mol. The summed E-state index contributed by atoms with van der Waals surface area (Å²) < 4.78 is 1.91. The maximum absolute atomic E-state index is 11.3. The molecular weight excluding hydrogens is 200 g/mol. The van der Waals surface area contributed by atoms with Crippen molar-refractivity contribution in [1.29, 1.82) is 0 Å². The molecule has 0 radical (unpaired) electrons. The van der Waals surface area contributed by atoms with Crippen LogP contribution in [0.4, 0.5) is 5.69 Å². The molecule has 3 nitrogen and oxygen atoms in total. The van der Waals surface area contributed by atoms with E-state index in [0.717, 1.165) is 11.4 Å². The van der Waals surface area contributed by atoms with Gasteiger partial charge in [0.1, 0.15) is 0 Å². The van der Waals surface area contributed by atoms with Gasteiger partial charge < -0.3 is 10.3 Å². The lowest BCUT2D eigenvalue weighted by atomic mass is 10.2. The molecule has 0 saturated carbocycles. The van der Waals surface area contributed by atoms with Crippen LogP contribution in [0.2, 0.25) is 0 Å². The summed E-state index contributed by atoms with van der Waals surface area (Å²) in [6, 6.07) is 9.62. The Bertz CT molecular complexity index is 567. The van der Waals surface area contributed by atoms with Gasteiger partial charge in [0, 0.05) is 23.6 Å². The third kappa shape index (κ3) is 1.84. The number of anilines is 1. The fourth-order valence-electron chi connectivity index (χ4n) is 1.63. The van der Waals surface area contributed by atoms with Gasteiger partial charge in [0.15, 0.2) is 0 Å². The van der Waals surface area contributed by atoms with Crippen molar-refractivity contribution in [3.8, 4) is 5.69 Å². The van der Waals surface area contributed by atoms with E-state index < -0.39 is 0 Å². The van der Waals surface area contributed by atoms with Gasteiger partial charge in [-0.2, -0.15) is 0 Å². The molecule has 0 amide bonds. The minimum Gasteiger partial charge on any atom is -0.394 e. The first-order valence-electron chi connectivity index (χ1n) is 5.14. The number of aromatic nitrogens is 1. The fourth-order valence-corrected chi connectivity index (χ4v) is 1.63. The van der Waals surface area contributed by atoms with E-state index >= 15 is 0 Å². The molecular formula is C13H14N2O. The second-order valence-electron chi connectivity index (χ2n) is 3.94. The van der Waals surface area contributed by atoms with Crippen LogP contribution in [-0.2, 0) is 0 Å². The van der Waals surface area contributed by atoms with Crippen LogP contribution in [0.15, 0.2) is 41.3 Å². The van der Waals surface area contributed by atoms with Gasteiger partial charge in [-0.05, 0) is 26.0 Å². The first kappa shape index (κ1) is 10.5. The summed E-state index contributed by atoms with van der Waals surface area (Å²) in [5.41, 5.74) is 8.86. The molecule has 0 aliphatic carbocycles. The minimum atomic E-state index is -0.124. The molecule has 16 heavy (non-hydrogen) atoms. The molecule has 1 heterocycles. The van der Waals surface area contributed by atoms with Crippen LogP contribution in [0.5, 0.6) is 0 Å². The van der Waals surface area contributed by atoms with Crippen LogP contribution in [0.25, 0.3) is 5.69 Å². The molecule has 2 aromatic rings. The Hall–Kier alpha value is -2.03. The van der Waals surface area contributed by atoms with Gasteiger partial charge in [-0.25, -0.2) is 0 Å². The minimum absolute atomic E-state index is 0.124. The van der Waals surface area contributed by atoms with Crippen LogP contribution >= 0.6 is 0 Å². The van der Waals surface area contributed by atoms with E-state index in [1.54, 1.807) is 12.3 Å². The Balaban J connectivity index is 2.60. The molecule has 0 aliphatic heterocycles. The number of pyridine rings is 1. The van der Waals surface area contributed by atoms with E-state index in [9.17, 15) is 4.79 Å². The number of benzene rings is 1. The van der Waals surface area contributed by atoms with Crippen molar-refractivity contribution in [2.24, 2.45) is 0 Å². The van der Waals surface area contributed by atoms with Crippen molar-refractivity contribution in [2.45, 2.75) is 13.8 Å². The molecule has 2 rings (SSSR count). The largest absolute Gasteiger partial charge is 0.394 e. The smallest absolute Gasteiger partial charge is 0.204 e. The third-order valence-corrected chi connectivity index (χ3v) is 2.58. The first-order chi connectivity index (χ1) is 7.58. The maximum Gasteiger partial charge on any atom is 0.204 e. The summed E-state index contributed by atoms with van der Waals surface area (Å²) in [4.78, 5) is 11.3. The molecule has 0 spiro atoms. The second kappa shape index (κ2) is 3.85. The molecule has 0 saturated heterocycles. The maximum atomic E-state index is 11.3. The summed E-state index contributed by atoms with van der Waals surface area (Å²) in [6.45, 7) is 3.93. The van der Waals surface area contributed by atoms with Crippen LogP contribution in [0, 0.1) is 13.8 Å². The predicted octanol–water partition coefficient (Wildman–Crippen LogP) is 2.04. The SMILES string of the molecule is Cc1ccc(-n2cc(N)c(=O)cc2C)cc1. The lowest BCUT2D eigenvalue weighted by molar-refractivity contribution is 0.976. The number of hydrogen-bond donors (Lipinski definition) is 1. The predicted molar refractivity (Wildman–Crippen MR) is 65.9 cm³/mol. The molecule has 0 atom stereocenters. The number of nitrogens with two attached hydrogens (primary N) is 1. The fraction of sp³-hybridized carbons (Fsp3) is 0.154. The third-order valence-electron chi connectivity index (χ3n) is 2.58. The topological polar surface area (TPSA) is 48.0 Å². The Morgan fingerprint density at radius 1 is 1.12 bits per heavy atom. The van der Waals surface area contributed by atoms with Crippen molar-refractivity contribution in [3.05, 3.63) is 58.0 Å². The van der Waals surface area contributed by atoms with Crippen molar-refractivity contribution in [2.75, 3.05) is 5.73 Å². The first-order valence-corrected chi connectivity index (χ1v) is 5.14. The Morgan fingerprint density at radius 2 is 1.75 bits per heavy atom. The number of hydrogen-bond acceptors (Lipinski definition) is 2. The zero-order chi connectivity index (χ0) is 11.7. The quantitative estimate of drug-likeness (QED) is 0.789. The number of aryl methyl sites for hydroxylation is 2. The van der Waals surface area contributed by atoms with Gasteiger partial charge in [0.05, 0.1) is 5.69 Å². The summed E-state index contributed by atoms with van der Waals surface area (Å²) in [5, 5.41) is 0. The Kier molecular flexibility index (Phi) is 2.52. The highest BCUT2D eigenvalue weighted by Gasteiger charge is 2.02. The zero-order valence-electron chi connectivity index (χ0n) is 9.40. The van der Waals surface area contributed by atoms with Gasteiger partial charge in [0.25, 0.3) is 0 Å². The molecule has 82 valence electrons. The lowest BCUT2D eigenvalue weighted by Gasteiger charge is -2.11. The van der Waals surface area contributed by atoms with Gasteiger partial charge in [-0.15, -0.1) is 0 Å². The molecule has 0 unspecified atom stereocenters. The van der Waals surface area contributed by atoms with Crippen molar-refractivity contribution >= 4 is 5.69 Å². The van der Waals surface area contributed by atoms with Gasteiger partial charge in [-0.1, -0.05) is 17.7 Å². The average molecular weight is 214 g/mol. The van der Waals surface area contributed by atoms with E-state index in [4.69, 9.17) is 5.73 Å². The summed E-state index contributed by atoms with van der Waals surface area (Å²) in [6.07, 6.45) is 1.67. The lowest BCUT2D eigenvalue weighted by Crippen LogP contribution is -2.12. The van der Waals surface area contributed by atoms with Crippen LogP contribution in [-0.4, -0.2) is 4.57 Å². The second-order valence-corrected chi connectivity index (χ2v) is 3.94. The summed E-state index contributed by atoms with van der Waals surface area (Å²) >= 11 is 0. The zero-order valence-corrected chi connectivity index (χ0v) is 9.40. The standard InChI is InChI=1S/C13H14N2O/c1-9-3-5-11(6-4-9)15-8-12(14)13(16)7-10(15)2/h3-8H,14H2,1-2H3. The molecule has 2 N–H and O–H groups in total. The molecule has 1 aromatic carbocycles.